The number of esters is 1. The molecule has 2 aromatic rings. The van der Waals surface area contributed by atoms with Crippen molar-refractivity contribution in [3.8, 4) is 0 Å². The van der Waals surface area contributed by atoms with E-state index in [1.165, 1.54) is 5.56 Å². The Morgan fingerprint density at radius 3 is 2.04 bits per heavy atom. The second kappa shape index (κ2) is 9.52. The number of hydrogen-bond acceptors (Lipinski definition) is 3. The first-order chi connectivity index (χ1) is 12.8. The van der Waals surface area contributed by atoms with Crippen molar-refractivity contribution in [2.75, 3.05) is 6.54 Å². The Morgan fingerprint density at radius 1 is 1.04 bits per heavy atom. The molecular formula is C24H31NO2. The van der Waals surface area contributed by atoms with E-state index in [-0.39, 0.29) is 18.1 Å². The van der Waals surface area contributed by atoms with E-state index in [1.54, 1.807) is 0 Å². The van der Waals surface area contributed by atoms with Gasteiger partial charge < -0.3 is 4.74 Å². The Hall–Kier alpha value is -2.39. The van der Waals surface area contributed by atoms with Crippen molar-refractivity contribution in [1.29, 1.82) is 0 Å². The molecule has 1 unspecified atom stereocenters. The van der Waals surface area contributed by atoms with Crippen LogP contribution in [0.15, 0.2) is 73.3 Å². The smallest absolute Gasteiger partial charge is 0.308 e. The third-order valence-electron chi connectivity index (χ3n) is 4.48. The van der Waals surface area contributed by atoms with Crippen molar-refractivity contribution in [1.82, 2.24) is 4.90 Å². The highest BCUT2D eigenvalue weighted by molar-refractivity contribution is 5.71. The highest BCUT2D eigenvalue weighted by Crippen LogP contribution is 2.33. The van der Waals surface area contributed by atoms with E-state index in [2.05, 4.69) is 42.7 Å². The lowest BCUT2D eigenvalue weighted by Crippen LogP contribution is -2.35. The summed E-state index contributed by atoms with van der Waals surface area (Å²) < 4.78 is 5.61. The third kappa shape index (κ3) is 6.37. The van der Waals surface area contributed by atoms with Crippen LogP contribution in [0.2, 0.25) is 0 Å². The predicted molar refractivity (Wildman–Crippen MR) is 111 cm³/mol. The van der Waals surface area contributed by atoms with Gasteiger partial charge in [0.2, 0.25) is 0 Å². The number of hydrogen-bond donors (Lipinski definition) is 0. The molecule has 0 aromatic heterocycles. The van der Waals surface area contributed by atoms with Gasteiger partial charge in [0.15, 0.2) is 0 Å². The van der Waals surface area contributed by atoms with Crippen LogP contribution in [-0.4, -0.2) is 23.0 Å². The van der Waals surface area contributed by atoms with Crippen molar-refractivity contribution in [3.63, 3.8) is 0 Å². The molecule has 0 saturated carbocycles. The normalized spacial score (nSPS) is 13.8. The molecule has 0 amide bonds. The molecule has 0 aliphatic heterocycles. The van der Waals surface area contributed by atoms with Crippen LogP contribution in [0.1, 0.15) is 57.3 Å². The zero-order chi connectivity index (χ0) is 19.9. The van der Waals surface area contributed by atoms with Crippen LogP contribution in [0.5, 0.6) is 0 Å². The standard InChI is InChI=1S/C24H31NO2/c1-6-17-25(19(2)20-13-9-7-10-14-20)22(21-15-11-8-12-16-21)18-23(26)27-24(3,4)5/h6-16,19,22H,1,17-18H2,2-5H3/t19?,22-/m1/s1. The first kappa shape index (κ1) is 20.9. The molecule has 0 saturated heterocycles. The molecule has 3 heteroatoms. The van der Waals surface area contributed by atoms with E-state index in [1.807, 2.05) is 63.2 Å². The third-order valence-corrected chi connectivity index (χ3v) is 4.48. The van der Waals surface area contributed by atoms with Gasteiger partial charge >= 0.3 is 5.97 Å². The van der Waals surface area contributed by atoms with Crippen molar-refractivity contribution >= 4 is 5.97 Å². The van der Waals surface area contributed by atoms with Gasteiger partial charge in [-0.05, 0) is 38.8 Å². The van der Waals surface area contributed by atoms with E-state index < -0.39 is 5.60 Å². The van der Waals surface area contributed by atoms with Crippen molar-refractivity contribution < 1.29 is 9.53 Å². The summed E-state index contributed by atoms with van der Waals surface area (Å²) in [7, 11) is 0. The molecule has 0 N–H and O–H groups in total. The molecule has 0 heterocycles. The number of carbonyl (C=O) groups excluding carboxylic acids is 1. The molecule has 0 aliphatic rings. The summed E-state index contributed by atoms with van der Waals surface area (Å²) in [5.41, 5.74) is 1.82. The summed E-state index contributed by atoms with van der Waals surface area (Å²) in [5, 5.41) is 0. The zero-order valence-corrected chi connectivity index (χ0v) is 16.9. The van der Waals surface area contributed by atoms with Gasteiger partial charge in [0.25, 0.3) is 0 Å². The largest absolute Gasteiger partial charge is 0.460 e. The van der Waals surface area contributed by atoms with Crippen molar-refractivity contribution in [3.05, 3.63) is 84.4 Å². The Balaban J connectivity index is 2.36. The van der Waals surface area contributed by atoms with Gasteiger partial charge in [-0.2, -0.15) is 0 Å². The van der Waals surface area contributed by atoms with E-state index in [0.717, 1.165) is 5.56 Å². The molecule has 0 spiro atoms. The summed E-state index contributed by atoms with van der Waals surface area (Å²) in [6.45, 7) is 12.5. The van der Waals surface area contributed by atoms with Crippen LogP contribution in [0.3, 0.4) is 0 Å². The van der Waals surface area contributed by atoms with Gasteiger partial charge in [-0.3, -0.25) is 9.69 Å². The first-order valence-corrected chi connectivity index (χ1v) is 9.50. The molecular weight excluding hydrogens is 334 g/mol. The molecule has 27 heavy (non-hydrogen) atoms. The second-order valence-corrected chi connectivity index (χ2v) is 7.79. The molecule has 2 aromatic carbocycles. The Kier molecular flexibility index (Phi) is 7.37. The molecule has 0 fully saturated rings. The molecule has 3 nitrogen and oxygen atoms in total. The lowest BCUT2D eigenvalue weighted by atomic mass is 9.97. The highest BCUT2D eigenvalue weighted by Gasteiger charge is 2.29. The minimum Gasteiger partial charge on any atom is -0.460 e. The van der Waals surface area contributed by atoms with E-state index in [0.29, 0.717) is 13.0 Å². The predicted octanol–water partition coefficient (Wildman–Crippen LogP) is 5.71. The van der Waals surface area contributed by atoms with Gasteiger partial charge in [0, 0.05) is 18.6 Å². The number of rotatable bonds is 8. The maximum absolute atomic E-state index is 12.6. The monoisotopic (exact) mass is 365 g/mol. The summed E-state index contributed by atoms with van der Waals surface area (Å²) >= 11 is 0. The molecule has 0 bridgehead atoms. The molecule has 144 valence electrons. The van der Waals surface area contributed by atoms with Gasteiger partial charge in [-0.25, -0.2) is 0 Å². The second-order valence-electron chi connectivity index (χ2n) is 7.79. The number of benzene rings is 2. The van der Waals surface area contributed by atoms with Crippen molar-refractivity contribution in [2.24, 2.45) is 0 Å². The minimum absolute atomic E-state index is 0.0887. The van der Waals surface area contributed by atoms with Crippen LogP contribution in [0.25, 0.3) is 0 Å². The molecule has 0 aliphatic carbocycles. The fourth-order valence-corrected chi connectivity index (χ4v) is 3.27. The fraction of sp³-hybridized carbons (Fsp3) is 0.375. The Morgan fingerprint density at radius 2 is 1.56 bits per heavy atom. The van der Waals surface area contributed by atoms with Crippen LogP contribution >= 0.6 is 0 Å². The van der Waals surface area contributed by atoms with Gasteiger partial charge in [0.1, 0.15) is 5.60 Å². The first-order valence-electron chi connectivity index (χ1n) is 9.50. The molecule has 2 atom stereocenters. The zero-order valence-electron chi connectivity index (χ0n) is 16.9. The van der Waals surface area contributed by atoms with Gasteiger partial charge in [-0.15, -0.1) is 6.58 Å². The van der Waals surface area contributed by atoms with Gasteiger partial charge in [0.05, 0.1) is 6.42 Å². The summed E-state index contributed by atoms with van der Waals surface area (Å²) in [4.78, 5) is 14.9. The maximum Gasteiger partial charge on any atom is 0.308 e. The average Bonchev–Trinajstić information content (AvgIpc) is 2.64. The minimum atomic E-state index is -0.493. The number of ether oxygens (including phenoxy) is 1. The number of carbonyl (C=O) groups is 1. The summed E-state index contributed by atoms with van der Waals surface area (Å²) in [5.74, 6) is -0.189. The maximum atomic E-state index is 12.6. The lowest BCUT2D eigenvalue weighted by Gasteiger charge is -2.36. The molecule has 0 radical (unpaired) electrons. The fourth-order valence-electron chi connectivity index (χ4n) is 3.27. The highest BCUT2D eigenvalue weighted by atomic mass is 16.6. The van der Waals surface area contributed by atoms with Crippen molar-refractivity contribution in [2.45, 2.75) is 51.8 Å². The van der Waals surface area contributed by atoms with Crippen LogP contribution < -0.4 is 0 Å². The Bertz CT molecular complexity index is 719. The average molecular weight is 366 g/mol. The topological polar surface area (TPSA) is 29.5 Å². The quantitative estimate of drug-likeness (QED) is 0.443. The van der Waals surface area contributed by atoms with Gasteiger partial charge in [-0.1, -0.05) is 66.7 Å². The Labute approximate surface area is 163 Å². The number of nitrogens with zero attached hydrogens (tertiary/aromatic N) is 1. The van der Waals surface area contributed by atoms with E-state index >= 15 is 0 Å². The van der Waals surface area contributed by atoms with E-state index in [4.69, 9.17) is 4.74 Å². The van der Waals surface area contributed by atoms with Crippen LogP contribution in [0.4, 0.5) is 0 Å². The summed E-state index contributed by atoms with van der Waals surface area (Å²) in [6.07, 6.45) is 2.19. The van der Waals surface area contributed by atoms with Crippen LogP contribution in [0, 0.1) is 0 Å². The van der Waals surface area contributed by atoms with Crippen LogP contribution in [-0.2, 0) is 9.53 Å². The lowest BCUT2D eigenvalue weighted by molar-refractivity contribution is -0.156. The SMILES string of the molecule is C=CCN(C(C)c1ccccc1)[C@H](CC(=O)OC(C)(C)C)c1ccccc1. The summed E-state index contributed by atoms with van der Waals surface area (Å²) in [6, 6.07) is 20.6. The molecule has 2 rings (SSSR count). The van der Waals surface area contributed by atoms with E-state index in [9.17, 15) is 4.79 Å².